The quantitative estimate of drug-likeness (QED) is 0.278. The molecule has 20 heavy (non-hydrogen) atoms. The minimum atomic E-state index is 0.192. The number of nitrogens with two attached hydrogens (primary N) is 1. The molecule has 1 saturated carbocycles. The Balaban J connectivity index is 2.31. The van der Waals surface area contributed by atoms with Gasteiger partial charge in [0, 0.05) is 24.2 Å². The largest absolute Gasteiger partial charge is 0.409 e. The summed E-state index contributed by atoms with van der Waals surface area (Å²) in [5.74, 6) is 1.93. The first-order chi connectivity index (χ1) is 9.67. The van der Waals surface area contributed by atoms with Crippen molar-refractivity contribution in [1.82, 2.24) is 0 Å². The van der Waals surface area contributed by atoms with Crippen molar-refractivity contribution in [2.24, 2.45) is 16.8 Å². The Bertz CT molecular complexity index is 486. The van der Waals surface area contributed by atoms with Crippen molar-refractivity contribution in [3.8, 4) is 0 Å². The van der Waals surface area contributed by atoms with Gasteiger partial charge in [-0.1, -0.05) is 24.6 Å². The topological polar surface area (TPSA) is 61.8 Å². The van der Waals surface area contributed by atoms with Crippen LogP contribution >= 0.6 is 11.8 Å². The highest BCUT2D eigenvalue weighted by atomic mass is 32.2. The van der Waals surface area contributed by atoms with Crippen LogP contribution in [0.2, 0.25) is 0 Å². The molecular formula is C15H23N3OS. The minimum Gasteiger partial charge on any atom is -0.409 e. The van der Waals surface area contributed by atoms with Crippen LogP contribution in [0.1, 0.15) is 31.7 Å². The monoisotopic (exact) mass is 293 g/mol. The summed E-state index contributed by atoms with van der Waals surface area (Å²) in [5, 5.41) is 12.3. The molecule has 0 aliphatic heterocycles. The number of hydrogen-bond acceptors (Lipinski definition) is 4. The molecule has 0 unspecified atom stereocenters. The molecule has 1 aliphatic carbocycles. The molecule has 0 radical (unpaired) electrons. The van der Waals surface area contributed by atoms with Crippen LogP contribution in [0.15, 0.2) is 28.3 Å². The van der Waals surface area contributed by atoms with Crippen LogP contribution < -0.4 is 10.6 Å². The summed E-state index contributed by atoms with van der Waals surface area (Å²) in [6.07, 6.45) is 3.97. The lowest BCUT2D eigenvalue weighted by Gasteiger charge is -2.32. The summed E-state index contributed by atoms with van der Waals surface area (Å²) in [7, 11) is 2.09. The van der Waals surface area contributed by atoms with Gasteiger partial charge in [-0.2, -0.15) is 0 Å². The number of nitrogens with zero attached hydrogens (tertiary/aromatic N) is 2. The normalized spacial score (nSPS) is 16.0. The first kappa shape index (κ1) is 15.0. The van der Waals surface area contributed by atoms with E-state index in [0.29, 0.717) is 0 Å². The molecule has 1 aromatic carbocycles. The predicted octanol–water partition coefficient (Wildman–Crippen LogP) is 3.13. The Morgan fingerprint density at radius 3 is 2.80 bits per heavy atom. The van der Waals surface area contributed by atoms with Crippen molar-refractivity contribution in [3.63, 3.8) is 0 Å². The first-order valence-corrected chi connectivity index (χ1v) is 8.10. The van der Waals surface area contributed by atoms with Gasteiger partial charge in [-0.05, 0) is 36.6 Å². The van der Waals surface area contributed by atoms with Crippen LogP contribution in [0.5, 0.6) is 0 Å². The molecule has 0 spiro atoms. The van der Waals surface area contributed by atoms with Crippen LogP contribution in [-0.2, 0) is 0 Å². The Hall–Kier alpha value is -1.36. The summed E-state index contributed by atoms with van der Waals surface area (Å²) in [5.41, 5.74) is 7.80. The zero-order valence-corrected chi connectivity index (χ0v) is 13.0. The maximum Gasteiger partial charge on any atom is 0.173 e. The molecule has 1 fully saturated rings. The van der Waals surface area contributed by atoms with Gasteiger partial charge in [0.15, 0.2) is 5.84 Å². The average molecular weight is 293 g/mol. The van der Waals surface area contributed by atoms with Gasteiger partial charge >= 0.3 is 0 Å². The number of anilines is 1. The van der Waals surface area contributed by atoms with E-state index in [1.165, 1.54) is 19.3 Å². The van der Waals surface area contributed by atoms with Crippen LogP contribution in [0.4, 0.5) is 5.69 Å². The fraction of sp³-hybridized carbons (Fsp3) is 0.533. The van der Waals surface area contributed by atoms with E-state index in [1.54, 1.807) is 11.8 Å². The Morgan fingerprint density at radius 2 is 2.25 bits per heavy atom. The maximum atomic E-state index is 9.06. The van der Waals surface area contributed by atoms with Crippen molar-refractivity contribution < 1.29 is 5.21 Å². The molecule has 0 bridgehead atoms. The first-order valence-electron chi connectivity index (χ1n) is 7.12. The minimum absolute atomic E-state index is 0.192. The second-order valence-corrected chi connectivity index (χ2v) is 6.55. The van der Waals surface area contributed by atoms with Crippen LogP contribution in [-0.4, -0.2) is 30.4 Å². The molecule has 3 N–H and O–H groups in total. The zero-order valence-electron chi connectivity index (χ0n) is 12.2. The van der Waals surface area contributed by atoms with E-state index >= 15 is 0 Å². The van der Waals surface area contributed by atoms with Crippen molar-refractivity contribution in [2.75, 3.05) is 24.2 Å². The van der Waals surface area contributed by atoms with Crippen molar-refractivity contribution in [2.45, 2.75) is 31.1 Å². The van der Waals surface area contributed by atoms with E-state index in [0.717, 1.165) is 34.4 Å². The SMILES string of the molecule is CCSc1cccc(N(C)CC2CCC2)c1/C(N)=N/O. The zero-order chi connectivity index (χ0) is 14.5. The Kier molecular flexibility index (Phi) is 5.17. The average Bonchev–Trinajstić information content (AvgIpc) is 2.42. The van der Waals surface area contributed by atoms with Crippen molar-refractivity contribution in [1.29, 1.82) is 0 Å². The molecule has 110 valence electrons. The van der Waals surface area contributed by atoms with Crippen LogP contribution in [0.3, 0.4) is 0 Å². The van der Waals surface area contributed by atoms with E-state index < -0.39 is 0 Å². The predicted molar refractivity (Wildman–Crippen MR) is 86.0 cm³/mol. The van der Waals surface area contributed by atoms with Crippen LogP contribution in [0, 0.1) is 5.92 Å². The van der Waals surface area contributed by atoms with E-state index in [2.05, 4.69) is 24.0 Å². The van der Waals surface area contributed by atoms with E-state index in [4.69, 9.17) is 10.9 Å². The number of oxime groups is 1. The Labute approximate surface area is 125 Å². The van der Waals surface area contributed by atoms with Gasteiger partial charge in [-0.3, -0.25) is 0 Å². The molecule has 0 saturated heterocycles. The highest BCUT2D eigenvalue weighted by Gasteiger charge is 2.22. The highest BCUT2D eigenvalue weighted by Crippen LogP contribution is 2.33. The van der Waals surface area contributed by atoms with E-state index in [9.17, 15) is 0 Å². The van der Waals surface area contributed by atoms with Crippen molar-refractivity contribution in [3.05, 3.63) is 23.8 Å². The third-order valence-corrected chi connectivity index (χ3v) is 4.78. The molecule has 0 heterocycles. The summed E-state index contributed by atoms with van der Waals surface area (Å²) in [6.45, 7) is 3.14. The van der Waals surface area contributed by atoms with Crippen molar-refractivity contribution >= 4 is 23.3 Å². The van der Waals surface area contributed by atoms with E-state index in [1.807, 2.05) is 18.2 Å². The van der Waals surface area contributed by atoms with Gasteiger partial charge in [0.05, 0.1) is 5.56 Å². The highest BCUT2D eigenvalue weighted by molar-refractivity contribution is 7.99. The fourth-order valence-electron chi connectivity index (χ4n) is 2.58. The second kappa shape index (κ2) is 6.88. The lowest BCUT2D eigenvalue weighted by Crippen LogP contribution is -2.31. The molecule has 2 rings (SSSR count). The van der Waals surface area contributed by atoms with Gasteiger partial charge in [0.2, 0.25) is 0 Å². The standard InChI is InChI=1S/C15H23N3OS/c1-3-20-13-9-5-8-12(14(13)15(16)17-19)18(2)10-11-6-4-7-11/h5,8-9,11,19H,3-4,6-7,10H2,1-2H3,(H2,16,17). The second-order valence-electron chi connectivity index (χ2n) is 5.25. The third kappa shape index (κ3) is 3.20. The summed E-state index contributed by atoms with van der Waals surface area (Å²) in [6, 6.07) is 6.12. The molecular weight excluding hydrogens is 270 g/mol. The van der Waals surface area contributed by atoms with Gasteiger partial charge in [-0.15, -0.1) is 11.8 Å². The van der Waals surface area contributed by atoms with Gasteiger partial charge in [-0.25, -0.2) is 0 Å². The molecule has 1 aromatic rings. The number of thioether (sulfide) groups is 1. The van der Waals surface area contributed by atoms with E-state index in [-0.39, 0.29) is 5.84 Å². The molecule has 5 heteroatoms. The van der Waals surface area contributed by atoms with Gasteiger partial charge in [0.1, 0.15) is 0 Å². The molecule has 1 aliphatic rings. The van der Waals surface area contributed by atoms with Gasteiger partial charge in [0.25, 0.3) is 0 Å². The number of hydrogen-bond donors (Lipinski definition) is 2. The smallest absolute Gasteiger partial charge is 0.173 e. The molecule has 0 atom stereocenters. The Morgan fingerprint density at radius 1 is 1.50 bits per heavy atom. The molecule has 4 nitrogen and oxygen atoms in total. The fourth-order valence-corrected chi connectivity index (χ4v) is 3.42. The summed E-state index contributed by atoms with van der Waals surface area (Å²) >= 11 is 1.72. The molecule has 0 amide bonds. The number of amidine groups is 1. The number of benzene rings is 1. The third-order valence-electron chi connectivity index (χ3n) is 3.84. The summed E-state index contributed by atoms with van der Waals surface area (Å²) in [4.78, 5) is 3.30. The maximum absolute atomic E-state index is 9.06. The lowest BCUT2D eigenvalue weighted by molar-refractivity contribution is 0.318. The van der Waals surface area contributed by atoms with Crippen LogP contribution in [0.25, 0.3) is 0 Å². The lowest BCUT2D eigenvalue weighted by atomic mass is 9.85. The van der Waals surface area contributed by atoms with Gasteiger partial charge < -0.3 is 15.8 Å². The number of rotatable bonds is 6. The summed E-state index contributed by atoms with van der Waals surface area (Å²) < 4.78 is 0. The molecule has 0 aromatic heterocycles.